The van der Waals surface area contributed by atoms with E-state index in [1.165, 1.54) is 25.0 Å². The van der Waals surface area contributed by atoms with Crippen LogP contribution in [0.25, 0.3) is 0 Å². The predicted octanol–water partition coefficient (Wildman–Crippen LogP) is 3.52. The predicted molar refractivity (Wildman–Crippen MR) is 76.6 cm³/mol. The monoisotopic (exact) mass is 282 g/mol. The summed E-state index contributed by atoms with van der Waals surface area (Å²) in [4.78, 5) is 12.7. The van der Waals surface area contributed by atoms with Crippen LogP contribution in [-0.4, -0.2) is 29.5 Å². The third-order valence-electron chi connectivity index (χ3n) is 3.82. The molecule has 0 N–H and O–H groups in total. The molecule has 1 aliphatic rings. The quantitative estimate of drug-likeness (QED) is 0.627. The Morgan fingerprint density at radius 2 is 2.11 bits per heavy atom. The van der Waals surface area contributed by atoms with Crippen molar-refractivity contribution in [2.75, 3.05) is 19.6 Å². The van der Waals surface area contributed by atoms with Crippen molar-refractivity contribution in [1.82, 2.24) is 4.90 Å². The van der Waals surface area contributed by atoms with Gasteiger partial charge < -0.3 is 4.90 Å². The van der Waals surface area contributed by atoms with Gasteiger partial charge in [0.25, 0.3) is 5.69 Å². The lowest BCUT2D eigenvalue weighted by atomic mass is 9.99. The highest BCUT2D eigenvalue weighted by Gasteiger charge is 2.16. The summed E-state index contributed by atoms with van der Waals surface area (Å²) < 4.78 is 0. The molecule has 2 rings (SSSR count). The Hall–Kier alpha value is -1.13. The minimum atomic E-state index is -0.415. The molecule has 5 heteroatoms. The van der Waals surface area contributed by atoms with Gasteiger partial charge in [-0.1, -0.05) is 24.6 Å². The van der Waals surface area contributed by atoms with Gasteiger partial charge in [0.15, 0.2) is 0 Å². The number of benzene rings is 1. The summed E-state index contributed by atoms with van der Waals surface area (Å²) in [6.45, 7) is 5.56. The van der Waals surface area contributed by atoms with Crippen LogP contribution in [0.4, 0.5) is 5.69 Å². The average molecular weight is 283 g/mol. The fourth-order valence-electron chi connectivity index (χ4n) is 2.42. The van der Waals surface area contributed by atoms with Crippen molar-refractivity contribution < 1.29 is 4.92 Å². The summed E-state index contributed by atoms with van der Waals surface area (Å²) in [5.74, 6) is 0.833. The summed E-state index contributed by atoms with van der Waals surface area (Å²) in [5, 5.41) is 11.1. The Kier molecular flexibility index (Phi) is 4.77. The number of likely N-dealkylation sites (tertiary alicyclic amines) is 1. The minimum Gasteiger partial charge on any atom is -0.303 e. The van der Waals surface area contributed by atoms with Crippen LogP contribution in [0.5, 0.6) is 0 Å². The van der Waals surface area contributed by atoms with Crippen LogP contribution in [0.15, 0.2) is 18.2 Å². The Bertz CT molecular complexity index is 457. The lowest BCUT2D eigenvalue weighted by Gasteiger charge is -2.30. The fourth-order valence-corrected chi connectivity index (χ4v) is 2.69. The number of rotatable bonds is 4. The standard InChI is InChI=1S/C14H19ClN2O2/c1-11-4-7-16(8-5-11)9-6-12-2-3-13(17(18)19)10-14(12)15/h2-3,10-11H,4-9H2,1H3. The van der Waals surface area contributed by atoms with Crippen molar-refractivity contribution in [3.05, 3.63) is 38.9 Å². The molecular weight excluding hydrogens is 264 g/mol. The average Bonchev–Trinajstić information content (AvgIpc) is 2.39. The van der Waals surface area contributed by atoms with Gasteiger partial charge in [-0.15, -0.1) is 0 Å². The molecule has 104 valence electrons. The number of nitrogens with zero attached hydrogens (tertiary/aromatic N) is 2. The SMILES string of the molecule is CC1CCN(CCc2ccc([N+](=O)[O-])cc2Cl)CC1. The van der Waals surface area contributed by atoms with E-state index in [4.69, 9.17) is 11.6 Å². The molecule has 1 fully saturated rings. The van der Waals surface area contributed by atoms with E-state index in [1.54, 1.807) is 6.07 Å². The molecule has 1 heterocycles. The lowest BCUT2D eigenvalue weighted by Crippen LogP contribution is -2.34. The zero-order chi connectivity index (χ0) is 13.8. The Morgan fingerprint density at radius 1 is 1.42 bits per heavy atom. The van der Waals surface area contributed by atoms with Gasteiger partial charge in [0, 0.05) is 18.7 Å². The maximum atomic E-state index is 10.6. The van der Waals surface area contributed by atoms with E-state index in [9.17, 15) is 10.1 Å². The first-order valence-corrected chi connectivity index (χ1v) is 7.09. The van der Waals surface area contributed by atoms with E-state index in [-0.39, 0.29) is 5.69 Å². The fraction of sp³-hybridized carbons (Fsp3) is 0.571. The van der Waals surface area contributed by atoms with Crippen molar-refractivity contribution in [3.63, 3.8) is 0 Å². The molecule has 0 aliphatic carbocycles. The van der Waals surface area contributed by atoms with E-state index < -0.39 is 4.92 Å². The van der Waals surface area contributed by atoms with Crippen molar-refractivity contribution in [2.45, 2.75) is 26.2 Å². The van der Waals surface area contributed by atoms with Crippen molar-refractivity contribution >= 4 is 17.3 Å². The number of nitro benzene ring substituents is 1. The van der Waals surface area contributed by atoms with Gasteiger partial charge in [-0.3, -0.25) is 10.1 Å². The Labute approximate surface area is 118 Å². The van der Waals surface area contributed by atoms with Gasteiger partial charge in [0.1, 0.15) is 0 Å². The Balaban J connectivity index is 1.91. The molecule has 1 aromatic carbocycles. The smallest absolute Gasteiger partial charge is 0.270 e. The number of piperidine rings is 1. The van der Waals surface area contributed by atoms with Gasteiger partial charge in [-0.2, -0.15) is 0 Å². The number of hydrogen-bond donors (Lipinski definition) is 0. The summed E-state index contributed by atoms with van der Waals surface area (Å²) in [6, 6.07) is 4.74. The van der Waals surface area contributed by atoms with E-state index >= 15 is 0 Å². The molecule has 0 unspecified atom stereocenters. The van der Waals surface area contributed by atoms with Crippen LogP contribution >= 0.6 is 11.6 Å². The topological polar surface area (TPSA) is 46.4 Å². The van der Waals surface area contributed by atoms with E-state index in [0.717, 1.165) is 37.5 Å². The summed E-state index contributed by atoms with van der Waals surface area (Å²) >= 11 is 6.09. The molecule has 0 bridgehead atoms. The lowest BCUT2D eigenvalue weighted by molar-refractivity contribution is -0.384. The van der Waals surface area contributed by atoms with Crippen molar-refractivity contribution in [3.8, 4) is 0 Å². The van der Waals surface area contributed by atoms with Crippen LogP contribution in [-0.2, 0) is 6.42 Å². The number of hydrogen-bond acceptors (Lipinski definition) is 3. The van der Waals surface area contributed by atoms with Gasteiger partial charge in [0.05, 0.1) is 9.95 Å². The van der Waals surface area contributed by atoms with Crippen molar-refractivity contribution in [1.29, 1.82) is 0 Å². The molecule has 1 aromatic rings. The second-order valence-electron chi connectivity index (χ2n) is 5.31. The van der Waals surface area contributed by atoms with Gasteiger partial charge in [-0.05, 0) is 43.8 Å². The summed E-state index contributed by atoms with van der Waals surface area (Å²) in [6.07, 6.45) is 3.37. The van der Waals surface area contributed by atoms with Crippen LogP contribution in [0.3, 0.4) is 0 Å². The molecule has 0 amide bonds. The first-order chi connectivity index (χ1) is 9.06. The van der Waals surface area contributed by atoms with Crippen LogP contribution < -0.4 is 0 Å². The van der Waals surface area contributed by atoms with Crippen LogP contribution in [0.1, 0.15) is 25.3 Å². The number of non-ortho nitro benzene ring substituents is 1. The molecule has 1 aliphatic heterocycles. The normalized spacial score (nSPS) is 17.6. The van der Waals surface area contributed by atoms with Crippen LogP contribution in [0.2, 0.25) is 5.02 Å². The molecule has 19 heavy (non-hydrogen) atoms. The van der Waals surface area contributed by atoms with E-state index in [1.807, 2.05) is 0 Å². The molecular formula is C14H19ClN2O2. The molecule has 0 aromatic heterocycles. The maximum absolute atomic E-state index is 10.6. The zero-order valence-electron chi connectivity index (χ0n) is 11.1. The first kappa shape index (κ1) is 14.3. The van der Waals surface area contributed by atoms with E-state index in [0.29, 0.717) is 5.02 Å². The highest BCUT2D eigenvalue weighted by atomic mass is 35.5. The minimum absolute atomic E-state index is 0.0561. The molecule has 1 saturated heterocycles. The van der Waals surface area contributed by atoms with Gasteiger partial charge in [-0.25, -0.2) is 0 Å². The van der Waals surface area contributed by atoms with Crippen LogP contribution in [0, 0.1) is 16.0 Å². The largest absolute Gasteiger partial charge is 0.303 e. The number of nitro groups is 1. The molecule has 0 spiro atoms. The highest BCUT2D eigenvalue weighted by Crippen LogP contribution is 2.23. The summed E-state index contributed by atoms with van der Waals surface area (Å²) in [5.41, 5.74) is 1.05. The molecule has 0 radical (unpaired) electrons. The zero-order valence-corrected chi connectivity index (χ0v) is 11.9. The Morgan fingerprint density at radius 3 is 2.68 bits per heavy atom. The second kappa shape index (κ2) is 6.35. The molecule has 4 nitrogen and oxygen atoms in total. The highest BCUT2D eigenvalue weighted by molar-refractivity contribution is 6.31. The second-order valence-corrected chi connectivity index (χ2v) is 5.71. The van der Waals surface area contributed by atoms with Gasteiger partial charge in [0.2, 0.25) is 0 Å². The first-order valence-electron chi connectivity index (χ1n) is 6.71. The number of halogens is 1. The van der Waals surface area contributed by atoms with E-state index in [2.05, 4.69) is 11.8 Å². The summed E-state index contributed by atoms with van der Waals surface area (Å²) in [7, 11) is 0. The van der Waals surface area contributed by atoms with Gasteiger partial charge >= 0.3 is 0 Å². The third-order valence-corrected chi connectivity index (χ3v) is 4.17. The maximum Gasteiger partial charge on any atom is 0.270 e. The molecule has 0 saturated carbocycles. The molecule has 0 atom stereocenters. The van der Waals surface area contributed by atoms with Crippen molar-refractivity contribution in [2.24, 2.45) is 5.92 Å². The third kappa shape index (κ3) is 3.91.